The van der Waals surface area contributed by atoms with Gasteiger partial charge >= 0.3 is 0 Å². The molecule has 9 nitrogen and oxygen atoms in total. The molecule has 0 aliphatic carbocycles. The Hall–Kier alpha value is -3.43. The predicted octanol–water partition coefficient (Wildman–Crippen LogP) is 1.38. The summed E-state index contributed by atoms with van der Waals surface area (Å²) in [5.41, 5.74) is 5.25. The van der Waals surface area contributed by atoms with Gasteiger partial charge in [0.2, 0.25) is 5.91 Å². The van der Waals surface area contributed by atoms with Crippen LogP contribution in [0.25, 0.3) is 0 Å². The van der Waals surface area contributed by atoms with Crippen molar-refractivity contribution in [2.45, 2.75) is 26.4 Å². The Balaban J connectivity index is 1.28. The summed E-state index contributed by atoms with van der Waals surface area (Å²) in [5.74, 6) is 1.06. The van der Waals surface area contributed by atoms with Gasteiger partial charge in [0.15, 0.2) is 6.61 Å². The zero-order chi connectivity index (χ0) is 24.3. The number of aliphatic hydroxyl groups is 1. The maximum absolute atomic E-state index is 12.0. The minimum atomic E-state index is -0.652. The van der Waals surface area contributed by atoms with Gasteiger partial charge in [-0.2, -0.15) is 5.10 Å². The Bertz CT molecular complexity index is 993. The van der Waals surface area contributed by atoms with E-state index in [-0.39, 0.29) is 30.9 Å². The molecule has 0 saturated carbocycles. The molecule has 1 heterocycles. The van der Waals surface area contributed by atoms with Crippen molar-refractivity contribution >= 4 is 17.5 Å². The van der Waals surface area contributed by atoms with E-state index in [0.717, 1.165) is 22.6 Å². The van der Waals surface area contributed by atoms with E-state index >= 15 is 0 Å². The van der Waals surface area contributed by atoms with Crippen molar-refractivity contribution in [1.29, 1.82) is 0 Å². The van der Waals surface area contributed by atoms with Gasteiger partial charge in [-0.1, -0.05) is 25.1 Å². The van der Waals surface area contributed by atoms with Crippen LogP contribution in [0.5, 0.6) is 11.5 Å². The van der Waals surface area contributed by atoms with Gasteiger partial charge in [-0.15, -0.1) is 0 Å². The molecule has 2 aromatic rings. The summed E-state index contributed by atoms with van der Waals surface area (Å²) in [6.07, 6.45) is -0.243. The van der Waals surface area contributed by atoms with Crippen LogP contribution in [0.3, 0.4) is 0 Å². The third-order valence-electron chi connectivity index (χ3n) is 5.31. The van der Waals surface area contributed by atoms with Gasteiger partial charge in [0.05, 0.1) is 5.71 Å². The number of amides is 2. The Kier molecular flexibility index (Phi) is 9.42. The fraction of sp³-hybridized carbons (Fsp3) is 0.400. The second-order valence-electron chi connectivity index (χ2n) is 8.23. The lowest BCUT2D eigenvalue weighted by Gasteiger charge is -2.19. The minimum absolute atomic E-state index is 0.0432. The van der Waals surface area contributed by atoms with Gasteiger partial charge in [0, 0.05) is 32.0 Å². The molecule has 2 unspecified atom stereocenters. The number of para-hydroxylation sites is 1. The molecular formula is C25H32N4O5. The van der Waals surface area contributed by atoms with Crippen molar-refractivity contribution in [2.24, 2.45) is 11.0 Å². The summed E-state index contributed by atoms with van der Waals surface area (Å²) in [4.78, 5) is 23.4. The van der Waals surface area contributed by atoms with Gasteiger partial charge in [-0.25, -0.2) is 5.43 Å². The van der Waals surface area contributed by atoms with Gasteiger partial charge in [0.25, 0.3) is 5.91 Å². The molecule has 2 atom stereocenters. The van der Waals surface area contributed by atoms with E-state index in [1.807, 2.05) is 50.2 Å². The SMILES string of the molecule is Cc1ccccc1OCC(O)CNCCNC(=O)COc1ccc(C2=NNC(=O)CC2C)cc1. The number of carbonyl (C=O) groups excluding carboxylic acids is 2. The van der Waals surface area contributed by atoms with Crippen molar-refractivity contribution in [3.8, 4) is 11.5 Å². The van der Waals surface area contributed by atoms with Crippen LogP contribution in [0.4, 0.5) is 0 Å². The molecule has 0 bridgehead atoms. The molecule has 2 aromatic carbocycles. The molecule has 0 saturated heterocycles. The molecule has 4 N–H and O–H groups in total. The van der Waals surface area contributed by atoms with Crippen LogP contribution in [0.15, 0.2) is 53.6 Å². The van der Waals surface area contributed by atoms with E-state index in [2.05, 4.69) is 21.2 Å². The van der Waals surface area contributed by atoms with Crippen LogP contribution in [0.1, 0.15) is 24.5 Å². The average Bonchev–Trinajstić information content (AvgIpc) is 2.82. The lowest BCUT2D eigenvalue weighted by atomic mass is 9.94. The summed E-state index contributed by atoms with van der Waals surface area (Å²) >= 11 is 0. The first-order valence-electron chi connectivity index (χ1n) is 11.4. The highest BCUT2D eigenvalue weighted by molar-refractivity contribution is 6.05. The second kappa shape index (κ2) is 12.7. The van der Waals surface area contributed by atoms with E-state index < -0.39 is 6.10 Å². The van der Waals surface area contributed by atoms with Crippen molar-refractivity contribution < 1.29 is 24.2 Å². The highest BCUT2D eigenvalue weighted by Crippen LogP contribution is 2.19. The third kappa shape index (κ3) is 7.86. The van der Waals surface area contributed by atoms with Crippen molar-refractivity contribution in [1.82, 2.24) is 16.1 Å². The molecule has 2 amide bonds. The maximum Gasteiger partial charge on any atom is 0.257 e. The van der Waals surface area contributed by atoms with Gasteiger partial charge < -0.3 is 25.2 Å². The summed E-state index contributed by atoms with van der Waals surface area (Å²) in [7, 11) is 0. The van der Waals surface area contributed by atoms with E-state index in [4.69, 9.17) is 9.47 Å². The van der Waals surface area contributed by atoms with E-state index in [9.17, 15) is 14.7 Å². The van der Waals surface area contributed by atoms with Crippen molar-refractivity contribution in [2.75, 3.05) is 32.8 Å². The zero-order valence-corrected chi connectivity index (χ0v) is 19.5. The Morgan fingerprint density at radius 3 is 2.68 bits per heavy atom. The number of hydrogen-bond acceptors (Lipinski definition) is 7. The van der Waals surface area contributed by atoms with Gasteiger partial charge in [-0.3, -0.25) is 9.59 Å². The average molecular weight is 469 g/mol. The van der Waals surface area contributed by atoms with Crippen LogP contribution < -0.4 is 25.5 Å². The van der Waals surface area contributed by atoms with E-state index in [1.54, 1.807) is 12.1 Å². The van der Waals surface area contributed by atoms with Crippen molar-refractivity contribution in [3.05, 3.63) is 59.7 Å². The number of benzene rings is 2. The monoisotopic (exact) mass is 468 g/mol. The molecule has 34 heavy (non-hydrogen) atoms. The molecule has 1 aliphatic heterocycles. The first-order chi connectivity index (χ1) is 16.4. The summed E-state index contributed by atoms with van der Waals surface area (Å²) in [6, 6.07) is 14.9. The second-order valence-corrected chi connectivity index (χ2v) is 8.23. The van der Waals surface area contributed by atoms with E-state index in [0.29, 0.717) is 31.8 Å². The Morgan fingerprint density at radius 2 is 1.94 bits per heavy atom. The molecule has 0 spiro atoms. The smallest absolute Gasteiger partial charge is 0.257 e. The quantitative estimate of drug-likeness (QED) is 0.349. The first kappa shape index (κ1) is 25.2. The number of nitrogens with one attached hydrogen (secondary N) is 3. The normalized spacial score (nSPS) is 16.3. The number of aryl methyl sites for hydroxylation is 1. The molecule has 9 heteroatoms. The van der Waals surface area contributed by atoms with Crippen LogP contribution in [-0.2, 0) is 9.59 Å². The standard InChI is InChI=1S/C25H32N4O5/c1-17-5-3-4-6-22(17)34-15-20(30)14-26-11-12-27-24(32)16-33-21-9-7-19(8-10-21)25-18(2)13-23(31)28-29-25/h3-10,18,20,26,30H,11-16H2,1-2H3,(H,27,32)(H,28,31). The fourth-order valence-corrected chi connectivity index (χ4v) is 3.45. The van der Waals surface area contributed by atoms with Crippen LogP contribution >= 0.6 is 0 Å². The largest absolute Gasteiger partial charge is 0.491 e. The zero-order valence-electron chi connectivity index (χ0n) is 19.5. The van der Waals surface area contributed by atoms with Gasteiger partial charge in [0.1, 0.15) is 24.2 Å². The maximum atomic E-state index is 12.0. The highest BCUT2D eigenvalue weighted by Gasteiger charge is 2.21. The number of hydrogen-bond donors (Lipinski definition) is 4. The highest BCUT2D eigenvalue weighted by atomic mass is 16.5. The Labute approximate surface area is 199 Å². The minimum Gasteiger partial charge on any atom is -0.491 e. The van der Waals surface area contributed by atoms with Gasteiger partial charge in [-0.05, 0) is 48.4 Å². The predicted molar refractivity (Wildman–Crippen MR) is 129 cm³/mol. The molecule has 0 fully saturated rings. The molecule has 0 radical (unpaired) electrons. The number of hydrazone groups is 1. The van der Waals surface area contributed by atoms with Crippen LogP contribution in [0, 0.1) is 12.8 Å². The molecule has 182 valence electrons. The number of ether oxygens (including phenoxy) is 2. The fourth-order valence-electron chi connectivity index (χ4n) is 3.45. The number of carbonyl (C=O) groups is 2. The third-order valence-corrected chi connectivity index (χ3v) is 5.31. The molecule has 1 aliphatic rings. The first-order valence-corrected chi connectivity index (χ1v) is 11.4. The van der Waals surface area contributed by atoms with Crippen molar-refractivity contribution in [3.63, 3.8) is 0 Å². The number of aliphatic hydroxyl groups excluding tert-OH is 1. The Morgan fingerprint density at radius 1 is 1.18 bits per heavy atom. The summed E-state index contributed by atoms with van der Waals surface area (Å²) in [5, 5.41) is 20.0. The topological polar surface area (TPSA) is 121 Å². The molecule has 0 aromatic heterocycles. The lowest BCUT2D eigenvalue weighted by molar-refractivity contribution is -0.123. The summed E-state index contributed by atoms with van der Waals surface area (Å²) < 4.78 is 11.2. The lowest BCUT2D eigenvalue weighted by Crippen LogP contribution is -2.38. The number of nitrogens with zero attached hydrogens (tertiary/aromatic N) is 1. The molecular weight excluding hydrogens is 436 g/mol. The van der Waals surface area contributed by atoms with E-state index in [1.165, 1.54) is 0 Å². The summed E-state index contributed by atoms with van der Waals surface area (Å²) in [6.45, 7) is 5.29. The van der Waals surface area contributed by atoms with Crippen LogP contribution in [-0.4, -0.2) is 61.6 Å². The van der Waals surface area contributed by atoms with Crippen LogP contribution in [0.2, 0.25) is 0 Å². The molecule has 3 rings (SSSR count). The number of rotatable bonds is 12.